The van der Waals surface area contributed by atoms with E-state index in [-0.39, 0.29) is 0 Å². The zero-order chi connectivity index (χ0) is 42.8. The van der Waals surface area contributed by atoms with Gasteiger partial charge in [0, 0.05) is 57.2 Å². The Morgan fingerprint density at radius 2 is 1.16 bits per heavy atom. The Labute approximate surface area is 370 Å². The summed E-state index contributed by atoms with van der Waals surface area (Å²) in [5, 5.41) is 2.13. The van der Waals surface area contributed by atoms with Crippen LogP contribution in [0.5, 0.6) is 0 Å². The largest absolute Gasteiger partial charge is 0.278 e. The third kappa shape index (κ3) is 7.29. The van der Waals surface area contributed by atoms with Gasteiger partial charge in [0.15, 0.2) is 17.5 Å². The molecule has 0 saturated heterocycles. The molecule has 0 bridgehead atoms. The lowest BCUT2D eigenvalue weighted by atomic mass is 9.94. The minimum Gasteiger partial charge on any atom is -0.278 e. The molecule has 0 unspecified atom stereocenters. The average Bonchev–Trinajstić information content (AvgIpc) is 3.70. The van der Waals surface area contributed by atoms with Crippen molar-refractivity contribution < 1.29 is 0 Å². The summed E-state index contributed by atoms with van der Waals surface area (Å²) in [5.74, 6) is 2.60. The summed E-state index contributed by atoms with van der Waals surface area (Å²) in [4.78, 5) is 34.7. The first-order valence-corrected chi connectivity index (χ1v) is 21.1. The van der Waals surface area contributed by atoms with Crippen molar-refractivity contribution in [3.8, 4) is 62.2 Å². The predicted octanol–water partition coefficient (Wildman–Crippen LogP) is 12.6. The SMILES string of the molecule is C=C/C=C1/C=Cc2cccnc2/C1=N/Cc1cccc(-c2cc(-c3ccc4c(c3)c3cccnc3n4-c3ccccn3)cc(-c3nc(-c4ccccc4)nc(-c4ccccc4)n3)c2)c1. The molecule has 302 valence electrons. The lowest BCUT2D eigenvalue weighted by Gasteiger charge is -2.15. The first-order chi connectivity index (χ1) is 31.7. The van der Waals surface area contributed by atoms with Crippen molar-refractivity contribution in [2.24, 2.45) is 4.99 Å². The van der Waals surface area contributed by atoms with Crippen LogP contribution in [0.2, 0.25) is 0 Å². The van der Waals surface area contributed by atoms with Gasteiger partial charge in [-0.25, -0.2) is 24.9 Å². The minimum absolute atomic E-state index is 0.466. The van der Waals surface area contributed by atoms with Crippen LogP contribution >= 0.6 is 0 Å². The summed E-state index contributed by atoms with van der Waals surface area (Å²) in [6.45, 7) is 4.41. The highest BCUT2D eigenvalue weighted by Crippen LogP contribution is 2.37. The van der Waals surface area contributed by atoms with Gasteiger partial charge >= 0.3 is 0 Å². The molecule has 0 aliphatic heterocycles. The fourth-order valence-electron chi connectivity index (χ4n) is 8.36. The zero-order valence-corrected chi connectivity index (χ0v) is 34.6. The monoisotopic (exact) mass is 822 g/mol. The molecule has 8 nitrogen and oxygen atoms in total. The molecule has 0 radical (unpaired) electrons. The van der Waals surface area contributed by atoms with Crippen molar-refractivity contribution in [1.29, 1.82) is 0 Å². The average molecular weight is 823 g/mol. The van der Waals surface area contributed by atoms with E-state index >= 15 is 0 Å². The van der Waals surface area contributed by atoms with Gasteiger partial charge in [-0.2, -0.15) is 0 Å². The number of aliphatic imine (C=N–C) groups is 1. The molecule has 64 heavy (non-hydrogen) atoms. The first-order valence-electron chi connectivity index (χ1n) is 21.1. The van der Waals surface area contributed by atoms with Crippen LogP contribution in [-0.4, -0.2) is 40.2 Å². The predicted molar refractivity (Wildman–Crippen MR) is 259 cm³/mol. The van der Waals surface area contributed by atoms with Crippen LogP contribution in [0.3, 0.4) is 0 Å². The van der Waals surface area contributed by atoms with Gasteiger partial charge in [0.1, 0.15) is 11.5 Å². The van der Waals surface area contributed by atoms with Crippen LogP contribution in [0.15, 0.2) is 218 Å². The smallest absolute Gasteiger partial charge is 0.164 e. The van der Waals surface area contributed by atoms with Crippen molar-refractivity contribution in [1.82, 2.24) is 34.5 Å². The van der Waals surface area contributed by atoms with Crippen molar-refractivity contribution in [3.63, 3.8) is 0 Å². The molecule has 8 heteroatoms. The maximum absolute atomic E-state index is 5.16. The van der Waals surface area contributed by atoms with E-state index in [1.807, 2.05) is 116 Å². The van der Waals surface area contributed by atoms with Crippen LogP contribution in [0.4, 0.5) is 0 Å². The fraction of sp³-hybridized carbons (Fsp3) is 0.0179. The summed E-state index contributed by atoms with van der Waals surface area (Å²) in [6.07, 6.45) is 13.4. The molecule has 5 heterocycles. The standard InChI is InChI=1S/C56H38N8/c1-2-14-38-24-25-39-21-12-29-58-51(39)52(38)60-36-37-15-11-20-42(31-37)44-32-45(43-26-27-49-48(35-43)47-22-13-30-59-56(47)64(49)50-23-9-10-28-57-50)34-46(33-44)55-62-53(40-16-5-3-6-17-40)61-54(63-55)41-18-7-4-8-19-41/h2-35H,1,36H2/b38-14-,60-52+. The molecule has 0 N–H and O–H groups in total. The molecule has 0 saturated carbocycles. The molecule has 10 aromatic rings. The molecular formula is C56H38N8. The molecule has 0 atom stereocenters. The maximum atomic E-state index is 5.16. The number of fused-ring (bicyclic) bond motifs is 4. The van der Waals surface area contributed by atoms with Crippen LogP contribution in [0.1, 0.15) is 16.8 Å². The van der Waals surface area contributed by atoms with Gasteiger partial charge in [0.05, 0.1) is 23.5 Å². The van der Waals surface area contributed by atoms with Crippen LogP contribution in [0, 0.1) is 0 Å². The Bertz CT molecular complexity index is 3420. The van der Waals surface area contributed by atoms with E-state index in [4.69, 9.17) is 34.9 Å². The molecule has 5 aromatic heterocycles. The van der Waals surface area contributed by atoms with E-state index in [9.17, 15) is 0 Å². The Balaban J connectivity index is 1.08. The van der Waals surface area contributed by atoms with Crippen molar-refractivity contribution >= 4 is 33.7 Å². The Morgan fingerprint density at radius 3 is 1.89 bits per heavy atom. The number of nitrogens with zero attached hydrogens (tertiary/aromatic N) is 8. The molecule has 5 aromatic carbocycles. The minimum atomic E-state index is 0.466. The fourth-order valence-corrected chi connectivity index (χ4v) is 8.36. The number of pyridine rings is 3. The summed E-state index contributed by atoms with van der Waals surface area (Å²) in [6, 6.07) is 56.0. The van der Waals surface area contributed by atoms with Crippen LogP contribution in [-0.2, 0) is 6.54 Å². The number of aromatic nitrogens is 7. The zero-order valence-electron chi connectivity index (χ0n) is 34.6. The summed E-state index contributed by atoms with van der Waals surface area (Å²) in [5.41, 5.74) is 13.5. The van der Waals surface area contributed by atoms with Gasteiger partial charge in [-0.15, -0.1) is 0 Å². The van der Waals surface area contributed by atoms with Crippen molar-refractivity contribution in [3.05, 3.63) is 230 Å². The molecule has 1 aliphatic carbocycles. The van der Waals surface area contributed by atoms with E-state index < -0.39 is 0 Å². The second-order valence-corrected chi connectivity index (χ2v) is 15.5. The lowest BCUT2D eigenvalue weighted by molar-refractivity contribution is 1.06. The topological polar surface area (TPSA) is 94.6 Å². The first kappa shape index (κ1) is 38.2. The van der Waals surface area contributed by atoms with E-state index in [1.54, 1.807) is 6.08 Å². The highest BCUT2D eigenvalue weighted by Gasteiger charge is 2.19. The number of hydrogen-bond donors (Lipinski definition) is 0. The molecular weight excluding hydrogens is 785 g/mol. The van der Waals surface area contributed by atoms with Crippen LogP contribution < -0.4 is 0 Å². The van der Waals surface area contributed by atoms with Gasteiger partial charge in [0.2, 0.25) is 0 Å². The van der Waals surface area contributed by atoms with Gasteiger partial charge < -0.3 is 0 Å². The normalized spacial score (nSPS) is 13.4. The van der Waals surface area contributed by atoms with Gasteiger partial charge in [-0.3, -0.25) is 14.5 Å². The Morgan fingerprint density at radius 1 is 0.500 bits per heavy atom. The number of hydrogen-bond acceptors (Lipinski definition) is 7. The number of allylic oxidation sites excluding steroid dienone is 4. The second-order valence-electron chi connectivity index (χ2n) is 15.5. The summed E-state index contributed by atoms with van der Waals surface area (Å²) in [7, 11) is 0. The van der Waals surface area contributed by atoms with Crippen molar-refractivity contribution in [2.75, 3.05) is 0 Å². The van der Waals surface area contributed by atoms with E-state index in [2.05, 4.69) is 96.1 Å². The van der Waals surface area contributed by atoms with Crippen LogP contribution in [0.25, 0.3) is 90.2 Å². The van der Waals surface area contributed by atoms with E-state index in [1.165, 1.54) is 0 Å². The third-order valence-corrected chi connectivity index (χ3v) is 11.4. The number of rotatable bonds is 9. The number of benzene rings is 5. The van der Waals surface area contributed by atoms with Gasteiger partial charge in [-0.1, -0.05) is 128 Å². The molecule has 0 spiro atoms. The van der Waals surface area contributed by atoms with E-state index in [0.29, 0.717) is 24.0 Å². The van der Waals surface area contributed by atoms with Crippen molar-refractivity contribution in [2.45, 2.75) is 6.54 Å². The third-order valence-electron chi connectivity index (χ3n) is 11.4. The molecule has 0 amide bonds. The Kier molecular flexibility index (Phi) is 9.91. The molecule has 0 fully saturated rings. The maximum Gasteiger partial charge on any atom is 0.164 e. The summed E-state index contributed by atoms with van der Waals surface area (Å²) >= 11 is 0. The summed E-state index contributed by atoms with van der Waals surface area (Å²) < 4.78 is 2.13. The van der Waals surface area contributed by atoms with E-state index in [0.717, 1.165) is 94.8 Å². The molecule has 1 aliphatic rings. The van der Waals surface area contributed by atoms with Gasteiger partial charge in [0.25, 0.3) is 0 Å². The second kappa shape index (κ2) is 16.6. The van der Waals surface area contributed by atoms with Gasteiger partial charge in [-0.05, 0) is 94.5 Å². The molecule has 11 rings (SSSR count). The highest BCUT2D eigenvalue weighted by molar-refractivity contribution is 6.17. The Hall–Kier alpha value is -8.75. The highest BCUT2D eigenvalue weighted by atomic mass is 15.1. The lowest BCUT2D eigenvalue weighted by Crippen LogP contribution is -2.12. The quantitative estimate of drug-likeness (QED) is 0.144.